The lowest BCUT2D eigenvalue weighted by molar-refractivity contribution is -0.126. The number of hydrogen-bond donors (Lipinski definition) is 1. The Labute approximate surface area is 189 Å². The first-order chi connectivity index (χ1) is 15.5. The number of fused-ring (bicyclic) bond motifs is 2. The van der Waals surface area contributed by atoms with E-state index in [1.807, 2.05) is 6.07 Å². The van der Waals surface area contributed by atoms with Crippen LogP contribution in [0.1, 0.15) is 0 Å². The van der Waals surface area contributed by atoms with Crippen molar-refractivity contribution < 1.29 is 19.4 Å². The van der Waals surface area contributed by atoms with Gasteiger partial charge in [-0.3, -0.25) is 4.79 Å². The number of rotatable bonds is 3. The molecule has 0 bridgehead atoms. The Bertz CT molecular complexity index is 1250. The third-order valence-corrected chi connectivity index (χ3v) is 6.33. The van der Waals surface area contributed by atoms with Gasteiger partial charge in [0.25, 0.3) is 0 Å². The summed E-state index contributed by atoms with van der Waals surface area (Å²) in [7, 11) is 1.54. The van der Waals surface area contributed by atoms with Crippen LogP contribution < -0.4 is 14.4 Å². The molecule has 3 aromatic rings. The number of halogens is 1. The number of nitrogens with zero attached hydrogens (tertiary/aromatic N) is 4. The standard InChI is InChI=1S/C23H21ClN4O4/c1-3-18(30)27-7-8-28-13(10-27)11-32-22-20-15(25-12-26-23(20)28)9-14(21(22)24)19-16(29)5-4-6-17(19)31-2/h3-6,9,12-13,29H,1,7-8,10-11H2,2H3/t13-/m0/s1. The molecule has 2 aliphatic heterocycles. The zero-order chi connectivity index (χ0) is 22.4. The van der Waals surface area contributed by atoms with E-state index in [-0.39, 0.29) is 17.7 Å². The average molecular weight is 453 g/mol. The fraction of sp³-hybridized carbons (Fsp3) is 0.261. The van der Waals surface area contributed by atoms with Gasteiger partial charge in [-0.15, -0.1) is 0 Å². The summed E-state index contributed by atoms with van der Waals surface area (Å²) in [6.45, 7) is 5.55. The molecule has 0 unspecified atom stereocenters. The van der Waals surface area contributed by atoms with Gasteiger partial charge in [-0.2, -0.15) is 0 Å². The maximum atomic E-state index is 12.2. The van der Waals surface area contributed by atoms with Gasteiger partial charge in [0.2, 0.25) is 5.91 Å². The Morgan fingerprint density at radius 1 is 1.38 bits per heavy atom. The van der Waals surface area contributed by atoms with Crippen molar-refractivity contribution in [2.24, 2.45) is 0 Å². The van der Waals surface area contributed by atoms with Crippen molar-refractivity contribution in [1.29, 1.82) is 0 Å². The number of methoxy groups -OCH3 is 1. The fourth-order valence-corrected chi connectivity index (χ4v) is 4.73. The molecule has 1 N–H and O–H groups in total. The molecule has 32 heavy (non-hydrogen) atoms. The normalized spacial score (nSPS) is 17.4. The van der Waals surface area contributed by atoms with Crippen molar-refractivity contribution in [3.05, 3.63) is 48.3 Å². The number of aromatic nitrogens is 2. The van der Waals surface area contributed by atoms with Crippen LogP contribution in [0.3, 0.4) is 0 Å². The predicted octanol–water partition coefficient (Wildman–Crippen LogP) is 3.26. The summed E-state index contributed by atoms with van der Waals surface area (Å²) >= 11 is 6.86. The third kappa shape index (κ3) is 3.10. The van der Waals surface area contributed by atoms with Gasteiger partial charge in [-0.1, -0.05) is 24.2 Å². The zero-order valence-corrected chi connectivity index (χ0v) is 18.2. The van der Waals surface area contributed by atoms with Crippen LogP contribution in [0.4, 0.5) is 5.82 Å². The summed E-state index contributed by atoms with van der Waals surface area (Å²) in [6, 6.07) is 6.74. The minimum absolute atomic E-state index is 0.0386. The molecule has 1 atom stereocenters. The lowest BCUT2D eigenvalue weighted by atomic mass is 10.0. The van der Waals surface area contributed by atoms with Crippen molar-refractivity contribution in [2.75, 3.05) is 38.3 Å². The predicted molar refractivity (Wildman–Crippen MR) is 122 cm³/mol. The summed E-state index contributed by atoms with van der Waals surface area (Å²) in [5.74, 6) is 1.59. The van der Waals surface area contributed by atoms with Crippen LogP contribution in [0.15, 0.2) is 43.2 Å². The van der Waals surface area contributed by atoms with Crippen LogP contribution >= 0.6 is 11.6 Å². The van der Waals surface area contributed by atoms with Gasteiger partial charge >= 0.3 is 0 Å². The highest BCUT2D eigenvalue weighted by Crippen LogP contribution is 2.49. The number of amides is 1. The van der Waals surface area contributed by atoms with Crippen molar-refractivity contribution in [2.45, 2.75) is 6.04 Å². The Morgan fingerprint density at radius 3 is 3.00 bits per heavy atom. The zero-order valence-electron chi connectivity index (χ0n) is 17.4. The quantitative estimate of drug-likeness (QED) is 0.610. The molecule has 5 rings (SSSR count). The number of ether oxygens (including phenoxy) is 2. The second-order valence-electron chi connectivity index (χ2n) is 7.66. The SMILES string of the molecule is C=CC(=O)N1CCN2c3ncnc4cc(-c5c(O)cccc5OC)c(Cl)c(c34)OC[C@@H]2C1. The monoisotopic (exact) mass is 452 g/mol. The van der Waals surface area contributed by atoms with E-state index >= 15 is 0 Å². The molecule has 1 saturated heterocycles. The molecule has 0 aliphatic carbocycles. The molecule has 1 aromatic heterocycles. The highest BCUT2D eigenvalue weighted by Gasteiger charge is 2.35. The van der Waals surface area contributed by atoms with Gasteiger partial charge in [0, 0.05) is 25.2 Å². The highest BCUT2D eigenvalue weighted by atomic mass is 35.5. The molecule has 1 amide bonds. The number of benzene rings is 2. The van der Waals surface area contributed by atoms with Gasteiger partial charge in [0.1, 0.15) is 30.3 Å². The van der Waals surface area contributed by atoms with E-state index in [1.165, 1.54) is 19.5 Å². The molecule has 0 radical (unpaired) electrons. The van der Waals surface area contributed by atoms with Gasteiger partial charge in [-0.25, -0.2) is 9.97 Å². The maximum Gasteiger partial charge on any atom is 0.246 e. The number of anilines is 1. The Hall–Kier alpha value is -3.52. The minimum atomic E-state index is -0.105. The van der Waals surface area contributed by atoms with Gasteiger partial charge in [0.15, 0.2) is 5.75 Å². The van der Waals surface area contributed by atoms with E-state index in [2.05, 4.69) is 21.4 Å². The minimum Gasteiger partial charge on any atom is -0.507 e. The number of hydrogen-bond acceptors (Lipinski definition) is 7. The number of carbonyl (C=O) groups is 1. The van der Waals surface area contributed by atoms with Gasteiger partial charge in [-0.05, 0) is 24.3 Å². The van der Waals surface area contributed by atoms with E-state index < -0.39 is 0 Å². The van der Waals surface area contributed by atoms with E-state index in [4.69, 9.17) is 21.1 Å². The number of carbonyl (C=O) groups excluding carboxylic acids is 1. The molecular formula is C23H21ClN4O4. The summed E-state index contributed by atoms with van der Waals surface area (Å²) in [5, 5.41) is 11.6. The third-order valence-electron chi connectivity index (χ3n) is 5.96. The molecule has 9 heteroatoms. The fourth-order valence-electron chi connectivity index (χ4n) is 4.43. The summed E-state index contributed by atoms with van der Waals surface area (Å²) in [5.41, 5.74) is 1.66. The summed E-state index contributed by atoms with van der Waals surface area (Å²) < 4.78 is 11.7. The first-order valence-corrected chi connectivity index (χ1v) is 10.6. The van der Waals surface area contributed by atoms with E-state index in [0.717, 1.165) is 5.82 Å². The average Bonchev–Trinajstić information content (AvgIpc) is 2.98. The molecule has 164 valence electrons. The first kappa shape index (κ1) is 20.4. The van der Waals surface area contributed by atoms with Crippen LogP contribution in [-0.4, -0.2) is 65.3 Å². The van der Waals surface area contributed by atoms with Crippen LogP contribution in [0.2, 0.25) is 5.02 Å². The highest BCUT2D eigenvalue weighted by molar-refractivity contribution is 6.36. The van der Waals surface area contributed by atoms with Crippen molar-refractivity contribution >= 4 is 34.2 Å². The molecular weight excluding hydrogens is 432 g/mol. The summed E-state index contributed by atoms with van der Waals surface area (Å²) in [6.07, 6.45) is 2.83. The van der Waals surface area contributed by atoms with E-state index in [9.17, 15) is 9.90 Å². The summed E-state index contributed by atoms with van der Waals surface area (Å²) in [4.78, 5) is 25.1. The van der Waals surface area contributed by atoms with Gasteiger partial charge < -0.3 is 24.4 Å². The Balaban J connectivity index is 1.67. The number of piperazine rings is 1. The van der Waals surface area contributed by atoms with E-state index in [1.54, 1.807) is 23.1 Å². The van der Waals surface area contributed by atoms with Crippen LogP contribution in [0.25, 0.3) is 22.0 Å². The molecule has 1 fully saturated rings. The topological polar surface area (TPSA) is 88.0 Å². The molecule has 2 aliphatic rings. The maximum absolute atomic E-state index is 12.2. The lowest BCUT2D eigenvalue weighted by Gasteiger charge is -2.40. The van der Waals surface area contributed by atoms with Gasteiger partial charge in [0.05, 0.1) is 34.6 Å². The Morgan fingerprint density at radius 2 is 2.22 bits per heavy atom. The largest absolute Gasteiger partial charge is 0.507 e. The van der Waals surface area contributed by atoms with Crippen molar-refractivity contribution in [3.63, 3.8) is 0 Å². The smallest absolute Gasteiger partial charge is 0.246 e. The molecule has 8 nitrogen and oxygen atoms in total. The lowest BCUT2D eigenvalue weighted by Crippen LogP contribution is -2.56. The molecule has 0 saturated carbocycles. The molecule has 3 heterocycles. The second kappa shape index (κ2) is 7.87. The number of phenolic OH excluding ortho intramolecular Hbond substituents is 1. The first-order valence-electron chi connectivity index (χ1n) is 10.2. The van der Waals surface area contributed by atoms with Crippen LogP contribution in [0.5, 0.6) is 17.2 Å². The Kier molecular flexibility index (Phi) is 5.01. The van der Waals surface area contributed by atoms with E-state index in [0.29, 0.717) is 64.8 Å². The number of phenols is 1. The number of aromatic hydroxyl groups is 1. The van der Waals surface area contributed by atoms with Crippen LogP contribution in [-0.2, 0) is 4.79 Å². The molecule has 2 aromatic carbocycles. The van der Waals surface area contributed by atoms with Crippen molar-refractivity contribution in [1.82, 2.24) is 14.9 Å². The molecule has 0 spiro atoms. The van der Waals surface area contributed by atoms with Crippen LogP contribution in [0, 0.1) is 0 Å². The van der Waals surface area contributed by atoms with Crippen molar-refractivity contribution in [3.8, 4) is 28.4 Å². The second-order valence-corrected chi connectivity index (χ2v) is 8.04.